The lowest BCUT2D eigenvalue weighted by atomic mass is 10.1. The van der Waals surface area contributed by atoms with E-state index < -0.39 is 29.0 Å². The molecule has 7 nitrogen and oxygen atoms in total. The van der Waals surface area contributed by atoms with E-state index in [-0.39, 0.29) is 0 Å². The number of primary amides is 1. The summed E-state index contributed by atoms with van der Waals surface area (Å²) in [7, 11) is 0. The third kappa shape index (κ3) is 4.50. The Morgan fingerprint density at radius 3 is 2.28 bits per heavy atom. The van der Waals surface area contributed by atoms with Crippen molar-refractivity contribution >= 4 is 23.8 Å². The minimum absolute atomic E-state index is 0.393. The van der Waals surface area contributed by atoms with Crippen molar-refractivity contribution in [3.8, 4) is 16.9 Å². The number of hydrogen-bond acceptors (Lipinski definition) is 5. The number of rotatable bonds is 4. The van der Waals surface area contributed by atoms with E-state index in [0.29, 0.717) is 5.75 Å². The van der Waals surface area contributed by atoms with Crippen molar-refractivity contribution in [2.75, 3.05) is 5.75 Å². The van der Waals surface area contributed by atoms with Crippen LogP contribution in [-0.4, -0.2) is 44.1 Å². The molecule has 32 heavy (non-hydrogen) atoms. The van der Waals surface area contributed by atoms with Gasteiger partial charge in [-0.1, -0.05) is 48.5 Å². The van der Waals surface area contributed by atoms with Gasteiger partial charge in [-0.25, -0.2) is 9.48 Å². The second-order valence-electron chi connectivity index (χ2n) is 8.57. The Morgan fingerprint density at radius 1 is 1.06 bits per heavy atom. The predicted octanol–water partition coefficient (Wildman–Crippen LogP) is 4.38. The highest BCUT2D eigenvalue weighted by molar-refractivity contribution is 7.99. The van der Waals surface area contributed by atoms with Crippen LogP contribution in [0.1, 0.15) is 31.7 Å². The average molecular weight is 451 g/mol. The fourth-order valence-electron chi connectivity index (χ4n) is 3.60. The molecule has 0 spiro atoms. The van der Waals surface area contributed by atoms with Gasteiger partial charge in [-0.2, -0.15) is 5.10 Å². The number of benzene rings is 2. The zero-order valence-corrected chi connectivity index (χ0v) is 19.1. The summed E-state index contributed by atoms with van der Waals surface area (Å²) >= 11 is 1.48. The van der Waals surface area contributed by atoms with Crippen molar-refractivity contribution in [1.82, 2.24) is 14.7 Å². The third-order valence-electron chi connectivity index (χ3n) is 5.01. The van der Waals surface area contributed by atoms with Crippen molar-refractivity contribution < 1.29 is 14.3 Å². The van der Waals surface area contributed by atoms with Crippen LogP contribution >= 0.6 is 11.8 Å². The molecule has 2 aromatic carbocycles. The van der Waals surface area contributed by atoms with Gasteiger partial charge in [0, 0.05) is 23.1 Å². The zero-order valence-electron chi connectivity index (χ0n) is 18.3. The SMILES string of the molecule is CC(C)(C)OC(=O)N1C(c2cn(-c3ccccc3)nc2-c2ccccc2)SC[C@H]1C(N)=O. The quantitative estimate of drug-likeness (QED) is 0.637. The molecule has 2 N–H and O–H groups in total. The molecule has 2 amide bonds. The van der Waals surface area contributed by atoms with Crippen LogP contribution in [0.3, 0.4) is 0 Å². The normalized spacial score (nSPS) is 18.5. The number of nitrogens with two attached hydrogens (primary N) is 1. The lowest BCUT2D eigenvalue weighted by molar-refractivity contribution is -0.122. The van der Waals surface area contributed by atoms with Crippen LogP contribution in [0.15, 0.2) is 66.9 Å². The van der Waals surface area contributed by atoms with Crippen LogP contribution in [-0.2, 0) is 9.53 Å². The monoisotopic (exact) mass is 450 g/mol. The highest BCUT2D eigenvalue weighted by Gasteiger charge is 2.45. The first kappa shape index (κ1) is 22.0. The van der Waals surface area contributed by atoms with Crippen molar-refractivity contribution in [2.45, 2.75) is 37.8 Å². The van der Waals surface area contributed by atoms with Gasteiger partial charge in [-0.05, 0) is 32.9 Å². The lowest BCUT2D eigenvalue weighted by Gasteiger charge is -2.30. The third-order valence-corrected chi connectivity index (χ3v) is 6.31. The Hall–Kier alpha value is -3.26. The summed E-state index contributed by atoms with van der Waals surface area (Å²) in [5.74, 6) is -0.160. The summed E-state index contributed by atoms with van der Waals surface area (Å²) < 4.78 is 7.42. The van der Waals surface area contributed by atoms with E-state index in [1.807, 2.05) is 66.9 Å². The van der Waals surface area contributed by atoms with Gasteiger partial charge in [0.1, 0.15) is 17.0 Å². The van der Waals surface area contributed by atoms with E-state index in [2.05, 4.69) is 0 Å². The Balaban J connectivity index is 1.82. The van der Waals surface area contributed by atoms with Gasteiger partial charge >= 0.3 is 6.09 Å². The molecule has 1 fully saturated rings. The van der Waals surface area contributed by atoms with Crippen LogP contribution in [0.5, 0.6) is 0 Å². The Bertz CT molecular complexity index is 1110. The molecule has 0 radical (unpaired) electrons. The van der Waals surface area contributed by atoms with Crippen molar-refractivity contribution in [3.63, 3.8) is 0 Å². The molecular formula is C24H26N4O3S. The van der Waals surface area contributed by atoms with Crippen molar-refractivity contribution in [3.05, 3.63) is 72.4 Å². The molecule has 2 heterocycles. The number of aromatic nitrogens is 2. The zero-order chi connectivity index (χ0) is 22.9. The second kappa shape index (κ2) is 8.70. The first-order valence-electron chi connectivity index (χ1n) is 10.4. The summed E-state index contributed by atoms with van der Waals surface area (Å²) in [6.45, 7) is 5.39. The van der Waals surface area contributed by atoms with Gasteiger partial charge in [0.05, 0.1) is 11.4 Å². The first-order chi connectivity index (χ1) is 15.2. The van der Waals surface area contributed by atoms with Gasteiger partial charge in [-0.15, -0.1) is 11.8 Å². The number of carbonyl (C=O) groups excluding carboxylic acids is 2. The number of para-hydroxylation sites is 1. The van der Waals surface area contributed by atoms with E-state index in [9.17, 15) is 9.59 Å². The molecule has 1 aromatic heterocycles. The topological polar surface area (TPSA) is 90.4 Å². The van der Waals surface area contributed by atoms with E-state index in [4.69, 9.17) is 15.6 Å². The van der Waals surface area contributed by atoms with Gasteiger partial charge in [0.25, 0.3) is 0 Å². The largest absolute Gasteiger partial charge is 0.444 e. The molecular weight excluding hydrogens is 424 g/mol. The molecule has 1 aliphatic heterocycles. The fourth-order valence-corrected chi connectivity index (χ4v) is 5.04. The summed E-state index contributed by atoms with van der Waals surface area (Å²) in [6, 6.07) is 18.8. The smallest absolute Gasteiger partial charge is 0.412 e. The predicted molar refractivity (Wildman–Crippen MR) is 125 cm³/mol. The van der Waals surface area contributed by atoms with Gasteiger partial charge in [-0.3, -0.25) is 9.69 Å². The highest BCUT2D eigenvalue weighted by atomic mass is 32.2. The van der Waals surface area contributed by atoms with E-state index in [1.54, 1.807) is 25.5 Å². The molecule has 0 aliphatic carbocycles. The number of thioether (sulfide) groups is 1. The molecule has 0 bridgehead atoms. The van der Waals surface area contributed by atoms with Crippen LogP contribution in [0.25, 0.3) is 16.9 Å². The molecule has 1 unspecified atom stereocenters. The highest BCUT2D eigenvalue weighted by Crippen LogP contribution is 2.45. The number of hydrogen-bond donors (Lipinski definition) is 1. The van der Waals surface area contributed by atoms with Crippen molar-refractivity contribution in [1.29, 1.82) is 0 Å². The molecule has 0 saturated carbocycles. The Morgan fingerprint density at radius 2 is 1.69 bits per heavy atom. The van der Waals surface area contributed by atoms with Crippen molar-refractivity contribution in [2.24, 2.45) is 5.73 Å². The summed E-state index contributed by atoms with van der Waals surface area (Å²) in [5, 5.41) is 4.38. The summed E-state index contributed by atoms with van der Waals surface area (Å²) in [5.41, 5.74) is 8.33. The second-order valence-corrected chi connectivity index (χ2v) is 9.68. The summed E-state index contributed by atoms with van der Waals surface area (Å²) in [6.07, 6.45) is 1.35. The van der Waals surface area contributed by atoms with E-state index in [0.717, 1.165) is 22.5 Å². The van der Waals surface area contributed by atoms with Gasteiger partial charge in [0.2, 0.25) is 5.91 Å². The van der Waals surface area contributed by atoms with Gasteiger partial charge < -0.3 is 10.5 Å². The molecule has 4 rings (SSSR count). The van der Waals surface area contributed by atoms with E-state index >= 15 is 0 Å². The standard InChI is InChI=1S/C24H26N4O3S/c1-24(2,3)31-23(30)28-19(21(25)29)15-32-22(28)18-14-27(17-12-8-5-9-13-17)26-20(18)16-10-6-4-7-11-16/h4-14,19,22H,15H2,1-3H3,(H2,25,29)/t19-,22?/m0/s1. The maximum Gasteiger partial charge on any atom is 0.412 e. The number of ether oxygens (including phenoxy) is 1. The van der Waals surface area contributed by atoms with Crippen LogP contribution in [0, 0.1) is 0 Å². The van der Waals surface area contributed by atoms with Crippen LogP contribution in [0.2, 0.25) is 0 Å². The molecule has 1 aliphatic rings. The maximum absolute atomic E-state index is 13.1. The molecule has 166 valence electrons. The van der Waals surface area contributed by atoms with E-state index in [1.165, 1.54) is 16.7 Å². The molecule has 8 heteroatoms. The fraction of sp³-hybridized carbons (Fsp3) is 0.292. The number of nitrogens with zero attached hydrogens (tertiary/aromatic N) is 3. The minimum Gasteiger partial charge on any atom is -0.444 e. The average Bonchev–Trinajstić information content (AvgIpc) is 3.38. The van der Waals surface area contributed by atoms with Crippen LogP contribution in [0.4, 0.5) is 4.79 Å². The molecule has 1 saturated heterocycles. The number of amides is 2. The Labute approximate surface area is 191 Å². The minimum atomic E-state index is -0.761. The Kier molecular flexibility index (Phi) is 5.97. The first-order valence-corrected chi connectivity index (χ1v) is 11.4. The summed E-state index contributed by atoms with van der Waals surface area (Å²) in [4.78, 5) is 26.8. The van der Waals surface area contributed by atoms with Crippen LogP contribution < -0.4 is 5.73 Å². The maximum atomic E-state index is 13.1. The van der Waals surface area contributed by atoms with Gasteiger partial charge in [0.15, 0.2) is 0 Å². The molecule has 3 aromatic rings. The lowest BCUT2D eigenvalue weighted by Crippen LogP contribution is -2.47. The number of carbonyl (C=O) groups is 2. The molecule has 2 atom stereocenters.